The van der Waals surface area contributed by atoms with E-state index in [0.717, 1.165) is 23.3 Å². The number of hydrogen-bond donors (Lipinski definition) is 2. The SMILES string of the molecule is CCCSc1nc2n(n1)C(c1cccc(OCc3ccccc3)c1)C(C(N)=O)=C(C)N2. The Kier molecular flexibility index (Phi) is 6.27. The van der Waals surface area contributed by atoms with Crippen molar-refractivity contribution in [2.24, 2.45) is 5.73 Å². The van der Waals surface area contributed by atoms with E-state index in [9.17, 15) is 4.79 Å². The molecule has 160 valence electrons. The topological polar surface area (TPSA) is 95.1 Å². The predicted molar refractivity (Wildman–Crippen MR) is 122 cm³/mol. The van der Waals surface area contributed by atoms with E-state index in [1.165, 1.54) is 0 Å². The number of benzene rings is 2. The summed E-state index contributed by atoms with van der Waals surface area (Å²) in [6.07, 6.45) is 1.02. The second-order valence-electron chi connectivity index (χ2n) is 7.29. The standard InChI is InChI=1S/C23H25N5O2S/c1-3-12-31-23-26-22-25-15(2)19(21(24)29)20(28(22)27-23)17-10-7-11-18(13-17)30-14-16-8-5-4-6-9-16/h4-11,13,20H,3,12,14H2,1-2H3,(H2,24,29)(H,25,26,27). The van der Waals surface area contributed by atoms with Crippen LogP contribution in [-0.2, 0) is 11.4 Å². The Morgan fingerprint density at radius 2 is 2.03 bits per heavy atom. The number of nitrogens with one attached hydrogen (secondary N) is 1. The number of aromatic nitrogens is 3. The third-order valence-electron chi connectivity index (χ3n) is 4.96. The third kappa shape index (κ3) is 4.59. The summed E-state index contributed by atoms with van der Waals surface area (Å²) in [6, 6.07) is 17.2. The molecule has 2 heterocycles. The van der Waals surface area contributed by atoms with Crippen LogP contribution in [0.1, 0.15) is 37.4 Å². The molecule has 0 saturated heterocycles. The number of anilines is 1. The van der Waals surface area contributed by atoms with Crippen molar-refractivity contribution in [3.05, 3.63) is 77.0 Å². The zero-order valence-electron chi connectivity index (χ0n) is 17.5. The molecule has 8 heteroatoms. The number of carbonyl (C=O) groups excluding carboxylic acids is 1. The van der Waals surface area contributed by atoms with Crippen molar-refractivity contribution in [3.8, 4) is 5.75 Å². The van der Waals surface area contributed by atoms with Gasteiger partial charge in [0.25, 0.3) is 0 Å². The van der Waals surface area contributed by atoms with E-state index in [2.05, 4.69) is 22.3 Å². The fraction of sp³-hybridized carbons (Fsp3) is 0.261. The van der Waals surface area contributed by atoms with Crippen molar-refractivity contribution in [2.45, 2.75) is 38.1 Å². The molecule has 0 bridgehead atoms. The molecular formula is C23H25N5O2S. The molecule has 0 radical (unpaired) electrons. The summed E-state index contributed by atoms with van der Waals surface area (Å²) in [7, 11) is 0. The largest absolute Gasteiger partial charge is 0.489 e. The van der Waals surface area contributed by atoms with Gasteiger partial charge >= 0.3 is 0 Å². The van der Waals surface area contributed by atoms with Crippen LogP contribution in [0.3, 0.4) is 0 Å². The van der Waals surface area contributed by atoms with Crippen molar-refractivity contribution >= 4 is 23.6 Å². The summed E-state index contributed by atoms with van der Waals surface area (Å²) in [5.41, 5.74) is 8.85. The Bertz CT molecular complexity index is 1110. The van der Waals surface area contributed by atoms with Gasteiger partial charge in [-0.2, -0.15) is 4.98 Å². The number of rotatable bonds is 8. The highest BCUT2D eigenvalue weighted by molar-refractivity contribution is 7.99. The van der Waals surface area contributed by atoms with Crippen LogP contribution in [0.4, 0.5) is 5.95 Å². The van der Waals surface area contributed by atoms with Gasteiger partial charge in [0.2, 0.25) is 17.0 Å². The minimum Gasteiger partial charge on any atom is -0.489 e. The highest BCUT2D eigenvalue weighted by Crippen LogP contribution is 2.37. The second kappa shape index (κ2) is 9.26. The molecule has 1 atom stereocenters. The Morgan fingerprint density at radius 1 is 1.23 bits per heavy atom. The molecular weight excluding hydrogens is 410 g/mol. The third-order valence-corrected chi connectivity index (χ3v) is 6.00. The van der Waals surface area contributed by atoms with Crippen LogP contribution in [0.2, 0.25) is 0 Å². The molecule has 3 N–H and O–H groups in total. The van der Waals surface area contributed by atoms with Gasteiger partial charge in [0, 0.05) is 11.4 Å². The first-order valence-electron chi connectivity index (χ1n) is 10.2. The number of thioether (sulfide) groups is 1. The Labute approximate surface area is 185 Å². The molecule has 31 heavy (non-hydrogen) atoms. The van der Waals surface area contributed by atoms with E-state index >= 15 is 0 Å². The van der Waals surface area contributed by atoms with Crippen LogP contribution < -0.4 is 15.8 Å². The number of nitrogens with zero attached hydrogens (tertiary/aromatic N) is 3. The summed E-state index contributed by atoms with van der Waals surface area (Å²) in [4.78, 5) is 17.0. The number of carbonyl (C=O) groups is 1. The lowest BCUT2D eigenvalue weighted by Gasteiger charge is -2.27. The molecule has 1 aliphatic heterocycles. The molecule has 1 amide bonds. The Hall–Kier alpha value is -3.26. The van der Waals surface area contributed by atoms with Crippen LogP contribution in [0, 0.1) is 0 Å². The number of primary amides is 1. The van der Waals surface area contributed by atoms with E-state index in [4.69, 9.17) is 10.5 Å². The Balaban J connectivity index is 1.67. The van der Waals surface area contributed by atoms with E-state index in [1.54, 1.807) is 16.4 Å². The smallest absolute Gasteiger partial charge is 0.248 e. The summed E-state index contributed by atoms with van der Waals surface area (Å²) in [5, 5.41) is 8.50. The zero-order valence-corrected chi connectivity index (χ0v) is 18.4. The number of allylic oxidation sites excluding steroid dienone is 1. The molecule has 4 rings (SSSR count). The van der Waals surface area contributed by atoms with Crippen LogP contribution in [0.15, 0.2) is 71.0 Å². The minimum atomic E-state index is -0.491. The monoisotopic (exact) mass is 435 g/mol. The van der Waals surface area contributed by atoms with E-state index in [1.807, 2.05) is 61.5 Å². The lowest BCUT2D eigenvalue weighted by molar-refractivity contribution is -0.115. The highest BCUT2D eigenvalue weighted by atomic mass is 32.2. The summed E-state index contributed by atoms with van der Waals surface area (Å²) in [6.45, 7) is 4.40. The average Bonchev–Trinajstić information content (AvgIpc) is 3.18. The molecule has 0 spiro atoms. The molecule has 1 aliphatic rings. The summed E-state index contributed by atoms with van der Waals surface area (Å²) >= 11 is 1.59. The minimum absolute atomic E-state index is 0.459. The number of amides is 1. The van der Waals surface area contributed by atoms with Gasteiger partial charge in [0.05, 0.1) is 5.57 Å². The summed E-state index contributed by atoms with van der Waals surface area (Å²) < 4.78 is 7.73. The number of nitrogens with two attached hydrogens (primary N) is 1. The first-order chi connectivity index (χ1) is 15.1. The number of hydrogen-bond acceptors (Lipinski definition) is 6. The maximum absolute atomic E-state index is 12.4. The maximum atomic E-state index is 12.4. The number of ether oxygens (including phenoxy) is 1. The van der Waals surface area contributed by atoms with Gasteiger partial charge in [-0.25, -0.2) is 4.68 Å². The van der Waals surface area contributed by atoms with Gasteiger partial charge in [0.15, 0.2) is 0 Å². The van der Waals surface area contributed by atoms with Crippen molar-refractivity contribution in [3.63, 3.8) is 0 Å². The zero-order chi connectivity index (χ0) is 21.8. The van der Waals surface area contributed by atoms with Gasteiger partial charge < -0.3 is 15.8 Å². The molecule has 0 saturated carbocycles. The lowest BCUT2D eigenvalue weighted by atomic mass is 9.95. The highest BCUT2D eigenvalue weighted by Gasteiger charge is 2.33. The van der Waals surface area contributed by atoms with Crippen LogP contribution in [0.25, 0.3) is 0 Å². The summed E-state index contributed by atoms with van der Waals surface area (Å²) in [5.74, 6) is 1.74. The Morgan fingerprint density at radius 3 is 2.77 bits per heavy atom. The fourth-order valence-electron chi connectivity index (χ4n) is 3.53. The first-order valence-corrected chi connectivity index (χ1v) is 11.2. The van der Waals surface area contributed by atoms with Crippen molar-refractivity contribution < 1.29 is 9.53 Å². The maximum Gasteiger partial charge on any atom is 0.248 e. The quantitative estimate of drug-likeness (QED) is 0.517. The van der Waals surface area contributed by atoms with Crippen molar-refractivity contribution in [1.82, 2.24) is 14.8 Å². The average molecular weight is 436 g/mol. The van der Waals surface area contributed by atoms with Gasteiger partial charge in [-0.3, -0.25) is 4.79 Å². The van der Waals surface area contributed by atoms with E-state index in [0.29, 0.717) is 34.7 Å². The lowest BCUT2D eigenvalue weighted by Crippen LogP contribution is -2.31. The molecule has 3 aromatic rings. The van der Waals surface area contributed by atoms with Gasteiger partial charge in [-0.15, -0.1) is 5.10 Å². The predicted octanol–water partition coefficient (Wildman–Crippen LogP) is 4.13. The fourth-order valence-corrected chi connectivity index (χ4v) is 4.21. The van der Waals surface area contributed by atoms with Crippen molar-refractivity contribution in [2.75, 3.05) is 11.1 Å². The normalized spacial score (nSPS) is 15.4. The molecule has 7 nitrogen and oxygen atoms in total. The van der Waals surface area contributed by atoms with Gasteiger partial charge in [-0.1, -0.05) is 61.2 Å². The van der Waals surface area contributed by atoms with Crippen LogP contribution in [-0.4, -0.2) is 26.4 Å². The molecule has 1 unspecified atom stereocenters. The van der Waals surface area contributed by atoms with Gasteiger partial charge in [0.1, 0.15) is 18.4 Å². The van der Waals surface area contributed by atoms with Crippen LogP contribution >= 0.6 is 11.8 Å². The number of fused-ring (bicyclic) bond motifs is 1. The van der Waals surface area contributed by atoms with Crippen molar-refractivity contribution in [1.29, 1.82) is 0 Å². The first kappa shape index (κ1) is 21.0. The van der Waals surface area contributed by atoms with Gasteiger partial charge in [-0.05, 0) is 36.6 Å². The molecule has 0 fully saturated rings. The molecule has 0 aliphatic carbocycles. The second-order valence-corrected chi connectivity index (χ2v) is 8.35. The van der Waals surface area contributed by atoms with Crippen LogP contribution in [0.5, 0.6) is 5.75 Å². The molecule has 2 aromatic carbocycles. The molecule has 1 aromatic heterocycles. The van der Waals surface area contributed by atoms with E-state index < -0.39 is 11.9 Å². The van der Waals surface area contributed by atoms with E-state index in [-0.39, 0.29) is 0 Å².